The molecule has 1 heterocycles. The smallest absolute Gasteiger partial charge is 0.273 e. The van der Waals surface area contributed by atoms with Crippen LogP contribution in [0.3, 0.4) is 0 Å². The zero-order valence-corrected chi connectivity index (χ0v) is 13.7. The lowest BCUT2D eigenvalue weighted by molar-refractivity contribution is 0.0946. The monoisotopic (exact) mass is 371 g/mol. The first kappa shape index (κ1) is 15.3. The van der Waals surface area contributed by atoms with Crippen LogP contribution in [0.15, 0.2) is 63.7 Å². The quantitative estimate of drug-likeness (QED) is 0.686. The molecule has 23 heavy (non-hydrogen) atoms. The Kier molecular flexibility index (Phi) is 4.43. The molecule has 0 fully saturated rings. The van der Waals surface area contributed by atoms with Gasteiger partial charge in [0, 0.05) is 16.7 Å². The highest BCUT2D eigenvalue weighted by Gasteiger charge is 2.14. The lowest BCUT2D eigenvalue weighted by Gasteiger charge is -2.03. The number of halogens is 1. The highest BCUT2D eigenvalue weighted by molar-refractivity contribution is 9.10. The van der Waals surface area contributed by atoms with Gasteiger partial charge < -0.3 is 15.5 Å². The van der Waals surface area contributed by atoms with Crippen LogP contribution in [-0.4, -0.2) is 10.9 Å². The zero-order valence-electron chi connectivity index (χ0n) is 12.1. The maximum absolute atomic E-state index is 12.1. The minimum absolute atomic E-state index is 0.223. The molecule has 0 unspecified atom stereocenters. The largest absolute Gasteiger partial charge is 0.444 e. The van der Waals surface area contributed by atoms with Crippen LogP contribution in [0.25, 0.3) is 11.5 Å². The highest BCUT2D eigenvalue weighted by Crippen LogP contribution is 2.24. The summed E-state index contributed by atoms with van der Waals surface area (Å²) in [5.74, 6) is 0.0364. The lowest BCUT2D eigenvalue weighted by atomic mass is 10.2. The van der Waals surface area contributed by atoms with Gasteiger partial charge in [-0.25, -0.2) is 4.98 Å². The Hall–Kier alpha value is -2.60. The first-order valence-corrected chi connectivity index (χ1v) is 7.76. The van der Waals surface area contributed by atoms with Crippen LogP contribution in [-0.2, 0) is 6.54 Å². The molecule has 1 aromatic heterocycles. The predicted molar refractivity (Wildman–Crippen MR) is 91.7 cm³/mol. The maximum Gasteiger partial charge on any atom is 0.273 e. The van der Waals surface area contributed by atoms with Crippen LogP contribution >= 0.6 is 15.9 Å². The number of nitrogens with zero attached hydrogens (tertiary/aromatic N) is 1. The first-order valence-electron chi connectivity index (χ1n) is 6.96. The number of benzene rings is 2. The molecular weight excluding hydrogens is 358 g/mol. The molecule has 0 saturated carbocycles. The SMILES string of the molecule is Nc1ccccc1-c1nc(C(=O)NCc2ccc(Br)cc2)co1. The number of nitrogen functional groups attached to an aromatic ring is 1. The number of anilines is 1. The molecule has 116 valence electrons. The topological polar surface area (TPSA) is 81.1 Å². The van der Waals surface area contributed by atoms with Crippen molar-refractivity contribution in [3.05, 3.63) is 70.5 Å². The molecule has 0 aliphatic heterocycles. The van der Waals surface area contributed by atoms with Gasteiger partial charge in [-0.3, -0.25) is 4.79 Å². The average Bonchev–Trinajstić information content (AvgIpc) is 3.04. The highest BCUT2D eigenvalue weighted by atomic mass is 79.9. The van der Waals surface area contributed by atoms with Crippen molar-refractivity contribution in [3.8, 4) is 11.5 Å². The van der Waals surface area contributed by atoms with Crippen LogP contribution in [0.1, 0.15) is 16.1 Å². The van der Waals surface area contributed by atoms with Crippen molar-refractivity contribution in [2.24, 2.45) is 0 Å². The summed E-state index contributed by atoms with van der Waals surface area (Å²) in [6.07, 6.45) is 1.33. The fraction of sp³-hybridized carbons (Fsp3) is 0.0588. The van der Waals surface area contributed by atoms with E-state index in [1.165, 1.54) is 6.26 Å². The number of nitrogens with two attached hydrogens (primary N) is 1. The van der Waals surface area contributed by atoms with Crippen LogP contribution in [0, 0.1) is 0 Å². The standard InChI is InChI=1S/C17H14BrN3O2/c18-12-7-5-11(6-8-12)9-20-16(22)15-10-23-17(21-15)13-3-1-2-4-14(13)19/h1-8,10H,9,19H2,(H,20,22). The molecule has 3 aromatic rings. The normalized spacial score (nSPS) is 10.5. The molecule has 0 aliphatic rings. The number of oxazole rings is 1. The van der Waals surface area contributed by atoms with Crippen LogP contribution in [0.4, 0.5) is 5.69 Å². The van der Waals surface area contributed by atoms with E-state index in [0.29, 0.717) is 23.7 Å². The zero-order chi connectivity index (χ0) is 16.2. The van der Waals surface area contributed by atoms with E-state index in [1.54, 1.807) is 12.1 Å². The summed E-state index contributed by atoms with van der Waals surface area (Å²) in [7, 11) is 0. The molecule has 3 rings (SSSR count). The number of nitrogens with one attached hydrogen (secondary N) is 1. The summed E-state index contributed by atoms with van der Waals surface area (Å²) in [6.45, 7) is 0.418. The van der Waals surface area contributed by atoms with Gasteiger partial charge in [-0.1, -0.05) is 40.2 Å². The van der Waals surface area contributed by atoms with Gasteiger partial charge in [-0.05, 0) is 29.8 Å². The van der Waals surface area contributed by atoms with E-state index >= 15 is 0 Å². The Bertz CT molecular complexity index is 828. The molecular formula is C17H14BrN3O2. The maximum atomic E-state index is 12.1. The fourth-order valence-corrected chi connectivity index (χ4v) is 2.33. The second kappa shape index (κ2) is 6.66. The number of para-hydroxylation sites is 1. The molecule has 0 spiro atoms. The van der Waals surface area contributed by atoms with Gasteiger partial charge in [0.05, 0.1) is 5.56 Å². The fourth-order valence-electron chi connectivity index (χ4n) is 2.07. The van der Waals surface area contributed by atoms with Crippen molar-refractivity contribution < 1.29 is 9.21 Å². The minimum Gasteiger partial charge on any atom is -0.444 e. The number of carbonyl (C=O) groups is 1. The van der Waals surface area contributed by atoms with Gasteiger partial charge in [0.15, 0.2) is 5.69 Å². The Labute approximate surface area is 141 Å². The van der Waals surface area contributed by atoms with E-state index in [-0.39, 0.29) is 11.6 Å². The number of rotatable bonds is 4. The molecule has 2 aromatic carbocycles. The van der Waals surface area contributed by atoms with E-state index in [1.807, 2.05) is 36.4 Å². The number of hydrogen-bond acceptors (Lipinski definition) is 4. The molecule has 0 radical (unpaired) electrons. The van der Waals surface area contributed by atoms with Gasteiger partial charge in [0.25, 0.3) is 5.91 Å². The Balaban J connectivity index is 1.69. The number of aromatic nitrogens is 1. The van der Waals surface area contributed by atoms with E-state index in [2.05, 4.69) is 26.2 Å². The van der Waals surface area contributed by atoms with Crippen LogP contribution < -0.4 is 11.1 Å². The third-order valence-corrected chi connectivity index (χ3v) is 3.82. The number of amides is 1. The Morgan fingerprint density at radius 1 is 1.17 bits per heavy atom. The van der Waals surface area contributed by atoms with Gasteiger partial charge in [-0.2, -0.15) is 0 Å². The Morgan fingerprint density at radius 2 is 1.91 bits per heavy atom. The average molecular weight is 372 g/mol. The molecule has 0 saturated heterocycles. The summed E-state index contributed by atoms with van der Waals surface area (Å²) in [4.78, 5) is 16.3. The summed E-state index contributed by atoms with van der Waals surface area (Å²) < 4.78 is 6.36. The Morgan fingerprint density at radius 3 is 2.65 bits per heavy atom. The van der Waals surface area contributed by atoms with Gasteiger partial charge in [-0.15, -0.1) is 0 Å². The molecule has 0 atom stereocenters. The molecule has 5 nitrogen and oxygen atoms in total. The molecule has 3 N–H and O–H groups in total. The lowest BCUT2D eigenvalue weighted by Crippen LogP contribution is -2.23. The van der Waals surface area contributed by atoms with Crippen LogP contribution in [0.5, 0.6) is 0 Å². The third kappa shape index (κ3) is 3.60. The molecule has 6 heteroatoms. The summed E-state index contributed by atoms with van der Waals surface area (Å²) in [5.41, 5.74) is 8.32. The number of hydrogen-bond donors (Lipinski definition) is 2. The first-order chi connectivity index (χ1) is 11.1. The summed E-state index contributed by atoms with van der Waals surface area (Å²) >= 11 is 3.37. The van der Waals surface area contributed by atoms with Crippen molar-refractivity contribution in [2.45, 2.75) is 6.54 Å². The van der Waals surface area contributed by atoms with Crippen molar-refractivity contribution in [3.63, 3.8) is 0 Å². The number of carbonyl (C=O) groups excluding carboxylic acids is 1. The van der Waals surface area contributed by atoms with Crippen molar-refractivity contribution in [1.82, 2.24) is 10.3 Å². The second-order valence-electron chi connectivity index (χ2n) is 4.93. The van der Waals surface area contributed by atoms with Crippen molar-refractivity contribution >= 4 is 27.5 Å². The van der Waals surface area contributed by atoms with Gasteiger partial charge in [0.1, 0.15) is 6.26 Å². The minimum atomic E-state index is -0.294. The molecule has 0 bridgehead atoms. The van der Waals surface area contributed by atoms with E-state index in [9.17, 15) is 4.79 Å². The predicted octanol–water partition coefficient (Wildman–Crippen LogP) is 3.62. The second-order valence-corrected chi connectivity index (χ2v) is 5.85. The summed E-state index contributed by atoms with van der Waals surface area (Å²) in [6, 6.07) is 14.9. The third-order valence-electron chi connectivity index (χ3n) is 3.29. The van der Waals surface area contributed by atoms with E-state index < -0.39 is 0 Å². The van der Waals surface area contributed by atoms with Crippen LogP contribution in [0.2, 0.25) is 0 Å². The van der Waals surface area contributed by atoms with Gasteiger partial charge in [0.2, 0.25) is 5.89 Å². The summed E-state index contributed by atoms with van der Waals surface area (Å²) in [5, 5.41) is 2.81. The van der Waals surface area contributed by atoms with E-state index in [4.69, 9.17) is 10.2 Å². The molecule has 1 amide bonds. The molecule has 0 aliphatic carbocycles. The van der Waals surface area contributed by atoms with Crippen molar-refractivity contribution in [1.29, 1.82) is 0 Å². The van der Waals surface area contributed by atoms with E-state index in [0.717, 1.165) is 10.0 Å². The van der Waals surface area contributed by atoms with Gasteiger partial charge >= 0.3 is 0 Å². The van der Waals surface area contributed by atoms with Crippen molar-refractivity contribution in [2.75, 3.05) is 5.73 Å².